The lowest BCUT2D eigenvalue weighted by Gasteiger charge is -2.23. The average molecular weight is 315 g/mol. The smallest absolute Gasteiger partial charge is 0.133 e. The molecular formula is C14H21BrNO2+. The molecule has 18 heavy (non-hydrogen) atoms. The highest BCUT2D eigenvalue weighted by Gasteiger charge is 2.12. The number of unbranched alkanes of at least 4 members (excludes halogenated alkanes) is 1. The Balaban J connectivity index is 1.57. The molecule has 0 bridgehead atoms. The van der Waals surface area contributed by atoms with Gasteiger partial charge in [0.15, 0.2) is 0 Å². The number of nitrogens with one attached hydrogen (secondary N) is 1. The summed E-state index contributed by atoms with van der Waals surface area (Å²) >= 11 is 3.49. The molecule has 0 amide bonds. The van der Waals surface area contributed by atoms with Crippen LogP contribution in [0, 0.1) is 0 Å². The minimum atomic E-state index is 0.798. The van der Waals surface area contributed by atoms with Gasteiger partial charge in [-0.15, -0.1) is 0 Å². The summed E-state index contributed by atoms with van der Waals surface area (Å²) < 4.78 is 12.1. The van der Waals surface area contributed by atoms with Crippen LogP contribution in [-0.4, -0.2) is 39.5 Å². The Hall–Kier alpha value is -0.580. The molecule has 1 aliphatic rings. The Kier molecular flexibility index (Phi) is 5.97. The summed E-state index contributed by atoms with van der Waals surface area (Å²) in [5, 5.41) is 0. The predicted octanol–water partition coefficient (Wildman–Crippen LogP) is 1.52. The third kappa shape index (κ3) is 4.59. The van der Waals surface area contributed by atoms with E-state index in [1.165, 1.54) is 13.0 Å². The molecule has 3 nitrogen and oxygen atoms in total. The van der Waals surface area contributed by atoms with Crippen molar-refractivity contribution in [3.63, 3.8) is 0 Å². The van der Waals surface area contributed by atoms with Crippen LogP contribution in [-0.2, 0) is 4.74 Å². The van der Waals surface area contributed by atoms with Crippen molar-refractivity contribution in [2.75, 3.05) is 39.5 Å². The molecule has 1 saturated heterocycles. The second-order valence-corrected chi connectivity index (χ2v) is 5.45. The van der Waals surface area contributed by atoms with Crippen molar-refractivity contribution < 1.29 is 14.4 Å². The van der Waals surface area contributed by atoms with Crippen LogP contribution in [0.3, 0.4) is 0 Å². The molecule has 0 unspecified atom stereocenters. The van der Waals surface area contributed by atoms with Gasteiger partial charge in [0, 0.05) is 0 Å². The van der Waals surface area contributed by atoms with Crippen LogP contribution in [0.25, 0.3) is 0 Å². The lowest BCUT2D eigenvalue weighted by Crippen LogP contribution is -3.14. The summed E-state index contributed by atoms with van der Waals surface area (Å²) in [5.74, 6) is 0.941. The van der Waals surface area contributed by atoms with Gasteiger partial charge in [-0.1, -0.05) is 12.1 Å². The summed E-state index contributed by atoms with van der Waals surface area (Å²) in [4.78, 5) is 1.67. The largest absolute Gasteiger partial charge is 0.492 e. The monoisotopic (exact) mass is 314 g/mol. The molecule has 1 heterocycles. The number of hydrogen-bond donors (Lipinski definition) is 1. The summed E-state index contributed by atoms with van der Waals surface area (Å²) in [7, 11) is 0. The second-order valence-electron chi connectivity index (χ2n) is 4.60. The highest BCUT2D eigenvalue weighted by molar-refractivity contribution is 9.10. The second kappa shape index (κ2) is 7.77. The Morgan fingerprint density at radius 1 is 1.17 bits per heavy atom. The molecule has 2 rings (SSSR count). The van der Waals surface area contributed by atoms with Crippen LogP contribution in [0.4, 0.5) is 0 Å². The molecular weight excluding hydrogens is 294 g/mol. The van der Waals surface area contributed by atoms with Gasteiger partial charge in [-0.25, -0.2) is 0 Å². The maximum Gasteiger partial charge on any atom is 0.133 e. The molecule has 1 N–H and O–H groups in total. The first-order valence-corrected chi connectivity index (χ1v) is 7.44. The molecule has 1 fully saturated rings. The number of ether oxygens (including phenoxy) is 2. The topological polar surface area (TPSA) is 22.9 Å². The fourth-order valence-corrected chi connectivity index (χ4v) is 2.53. The standard InChI is InChI=1S/C14H20BrNO2/c15-13-5-1-2-6-14(13)18-10-4-3-7-16-8-11-17-12-9-16/h1-2,5-6H,3-4,7-12H2/p+1. The van der Waals surface area contributed by atoms with Crippen molar-refractivity contribution in [2.45, 2.75) is 12.8 Å². The summed E-state index contributed by atoms with van der Waals surface area (Å²) in [5.41, 5.74) is 0. The normalized spacial score (nSPS) is 16.7. The third-order valence-electron chi connectivity index (χ3n) is 3.22. The molecule has 0 aliphatic carbocycles. The van der Waals surface area contributed by atoms with Crippen LogP contribution < -0.4 is 9.64 Å². The first kappa shape index (κ1) is 13.8. The molecule has 1 aromatic carbocycles. The Morgan fingerprint density at radius 3 is 2.72 bits per heavy atom. The first-order valence-electron chi connectivity index (χ1n) is 6.65. The Labute approximate surface area is 117 Å². The van der Waals surface area contributed by atoms with Crippen molar-refractivity contribution in [3.8, 4) is 5.75 Å². The van der Waals surface area contributed by atoms with E-state index in [0.717, 1.165) is 49.6 Å². The van der Waals surface area contributed by atoms with Gasteiger partial charge in [-0.3, -0.25) is 0 Å². The van der Waals surface area contributed by atoms with Gasteiger partial charge in [-0.2, -0.15) is 0 Å². The van der Waals surface area contributed by atoms with Crippen LogP contribution in [0.15, 0.2) is 28.7 Å². The molecule has 100 valence electrons. The number of hydrogen-bond acceptors (Lipinski definition) is 2. The van der Waals surface area contributed by atoms with E-state index in [4.69, 9.17) is 9.47 Å². The fraction of sp³-hybridized carbons (Fsp3) is 0.571. The van der Waals surface area contributed by atoms with Gasteiger partial charge in [0.1, 0.15) is 18.8 Å². The molecule has 0 aromatic heterocycles. The van der Waals surface area contributed by atoms with E-state index in [0.29, 0.717) is 0 Å². The lowest BCUT2D eigenvalue weighted by atomic mass is 10.3. The number of benzene rings is 1. The highest BCUT2D eigenvalue weighted by atomic mass is 79.9. The highest BCUT2D eigenvalue weighted by Crippen LogP contribution is 2.23. The van der Waals surface area contributed by atoms with Gasteiger partial charge >= 0.3 is 0 Å². The van der Waals surface area contributed by atoms with Crippen molar-refractivity contribution in [3.05, 3.63) is 28.7 Å². The zero-order valence-corrected chi connectivity index (χ0v) is 12.2. The van der Waals surface area contributed by atoms with E-state index in [2.05, 4.69) is 15.9 Å². The Morgan fingerprint density at radius 2 is 1.94 bits per heavy atom. The predicted molar refractivity (Wildman–Crippen MR) is 75.3 cm³/mol. The molecule has 1 aromatic rings. The fourth-order valence-electron chi connectivity index (χ4n) is 2.13. The number of halogens is 1. The first-order chi connectivity index (χ1) is 8.86. The van der Waals surface area contributed by atoms with Gasteiger partial charge < -0.3 is 14.4 Å². The molecule has 0 radical (unpaired) electrons. The van der Waals surface area contributed by atoms with Crippen LogP contribution >= 0.6 is 15.9 Å². The van der Waals surface area contributed by atoms with Crippen molar-refractivity contribution in [1.82, 2.24) is 0 Å². The zero-order chi connectivity index (χ0) is 12.6. The maximum atomic E-state index is 5.75. The number of morpholine rings is 1. The minimum Gasteiger partial charge on any atom is -0.492 e. The molecule has 4 heteroatoms. The van der Waals surface area contributed by atoms with E-state index in [1.54, 1.807) is 4.90 Å². The molecule has 1 aliphatic heterocycles. The molecule has 0 spiro atoms. The zero-order valence-electron chi connectivity index (χ0n) is 10.7. The number of quaternary nitrogens is 1. The SMILES string of the molecule is Brc1ccccc1OCCCC[NH+]1CCOCC1. The third-order valence-corrected chi connectivity index (χ3v) is 3.87. The van der Waals surface area contributed by atoms with E-state index in [1.807, 2.05) is 24.3 Å². The summed E-state index contributed by atoms with van der Waals surface area (Å²) in [6, 6.07) is 8.00. The molecule has 0 saturated carbocycles. The summed E-state index contributed by atoms with van der Waals surface area (Å²) in [6.45, 7) is 6.19. The van der Waals surface area contributed by atoms with Crippen LogP contribution in [0.2, 0.25) is 0 Å². The van der Waals surface area contributed by atoms with E-state index < -0.39 is 0 Å². The van der Waals surface area contributed by atoms with Gasteiger partial charge in [0.2, 0.25) is 0 Å². The lowest BCUT2D eigenvalue weighted by molar-refractivity contribution is -0.908. The number of para-hydroxylation sites is 1. The van der Waals surface area contributed by atoms with Gasteiger partial charge in [-0.05, 0) is 40.9 Å². The number of rotatable bonds is 6. The van der Waals surface area contributed by atoms with Crippen molar-refractivity contribution in [1.29, 1.82) is 0 Å². The quantitative estimate of drug-likeness (QED) is 0.805. The van der Waals surface area contributed by atoms with E-state index in [9.17, 15) is 0 Å². The Bertz CT molecular complexity index is 353. The summed E-state index contributed by atoms with van der Waals surface area (Å²) in [6.07, 6.45) is 2.34. The van der Waals surface area contributed by atoms with Crippen LogP contribution in [0.1, 0.15) is 12.8 Å². The van der Waals surface area contributed by atoms with E-state index >= 15 is 0 Å². The average Bonchev–Trinajstić information content (AvgIpc) is 2.42. The van der Waals surface area contributed by atoms with Gasteiger partial charge in [0.05, 0.1) is 30.8 Å². The molecule has 0 atom stereocenters. The van der Waals surface area contributed by atoms with E-state index in [-0.39, 0.29) is 0 Å². The van der Waals surface area contributed by atoms with Gasteiger partial charge in [0.25, 0.3) is 0 Å². The van der Waals surface area contributed by atoms with Crippen molar-refractivity contribution in [2.24, 2.45) is 0 Å². The van der Waals surface area contributed by atoms with Crippen molar-refractivity contribution >= 4 is 15.9 Å². The van der Waals surface area contributed by atoms with Crippen LogP contribution in [0.5, 0.6) is 5.75 Å². The maximum absolute atomic E-state index is 5.75. The minimum absolute atomic E-state index is 0.798.